The Balaban J connectivity index is 0.000000142. The molecule has 0 N–H and O–H groups in total. The molecule has 436 valence electrons. The maximum absolute atomic E-state index is 2.43. The van der Waals surface area contributed by atoms with Gasteiger partial charge in [-0.05, 0) is 222 Å². The van der Waals surface area contributed by atoms with Crippen molar-refractivity contribution in [2.75, 3.05) is 0 Å². The zero-order chi connectivity index (χ0) is 59.7. The Bertz CT molecular complexity index is 3330. The molecule has 0 aliphatic heterocycles. The van der Waals surface area contributed by atoms with Gasteiger partial charge in [-0.15, -0.1) is 0 Å². The van der Waals surface area contributed by atoms with Crippen LogP contribution in [0.5, 0.6) is 0 Å². The number of fused-ring (bicyclic) bond motifs is 6. The lowest BCUT2D eigenvalue weighted by Crippen LogP contribution is -2.17. The Morgan fingerprint density at radius 1 is 0.220 bits per heavy atom. The average Bonchev–Trinajstić information content (AvgIpc) is 4.20. The largest absolute Gasteiger partial charge is 0.0617 e. The number of rotatable bonds is 0. The van der Waals surface area contributed by atoms with Gasteiger partial charge in [0.25, 0.3) is 0 Å². The molecule has 0 aromatic heterocycles. The van der Waals surface area contributed by atoms with Crippen LogP contribution < -0.4 is 0 Å². The van der Waals surface area contributed by atoms with Crippen LogP contribution in [0.2, 0.25) is 0 Å². The van der Waals surface area contributed by atoms with Gasteiger partial charge in [-0.2, -0.15) is 0 Å². The van der Waals surface area contributed by atoms with Gasteiger partial charge in [0.05, 0.1) is 0 Å². The van der Waals surface area contributed by atoms with E-state index >= 15 is 0 Å². The zero-order valence-electron chi connectivity index (χ0n) is 54.9. The summed E-state index contributed by atoms with van der Waals surface area (Å²) in [7, 11) is 0. The van der Waals surface area contributed by atoms with E-state index in [1.807, 2.05) is 0 Å². The fraction of sp³-hybridized carbons (Fsp3) is 0.463. The molecule has 0 heterocycles. The molecule has 0 bridgehead atoms. The van der Waals surface area contributed by atoms with Crippen molar-refractivity contribution in [1.29, 1.82) is 0 Å². The highest BCUT2D eigenvalue weighted by molar-refractivity contribution is 5.86. The molecule has 4 aliphatic carbocycles. The average molecular weight is 1090 g/mol. The quantitative estimate of drug-likeness (QED) is 0.142. The van der Waals surface area contributed by atoms with Crippen LogP contribution in [0.3, 0.4) is 0 Å². The Kier molecular flexibility index (Phi) is 20.9. The van der Waals surface area contributed by atoms with Gasteiger partial charge >= 0.3 is 0 Å². The molecular weight excluding hydrogens is 985 g/mol. The van der Waals surface area contributed by atoms with Gasteiger partial charge in [-0.25, -0.2) is 0 Å². The summed E-state index contributed by atoms with van der Waals surface area (Å²) in [4.78, 5) is 0. The summed E-state index contributed by atoms with van der Waals surface area (Å²) in [5.41, 5.74) is 23.4. The summed E-state index contributed by atoms with van der Waals surface area (Å²) in [5, 5.41) is 5.36. The van der Waals surface area contributed by atoms with Gasteiger partial charge < -0.3 is 0 Å². The highest BCUT2D eigenvalue weighted by Crippen LogP contribution is 2.36. The second kappa shape index (κ2) is 26.9. The minimum atomic E-state index is 0.223. The molecule has 4 aliphatic rings. The highest BCUT2D eigenvalue weighted by atomic mass is 14.3. The van der Waals surface area contributed by atoms with Crippen molar-refractivity contribution in [2.24, 2.45) is 0 Å². The standard InChI is InChI=1S/C14H20.C14H16.C14H20.C14H16.2C13H18/c2*1-14(2,3)13-10-6-8-11-7-4-5-9-12(11)13;2*1-14(2,3)13-9-8-11-6-4-5-7-12(11)10-13;1-13(2,3)12-9-5-7-10-6-4-8-11(10)12;1-13(2,3)12-8-7-10-5-4-6-11(10)9-12/h6,8,10H,4-5,7,9H2,1-3H3;4-10H,1-3H3;8-10H,4-7H2,1-3H3;4-10H,1-3H3;5,7,9H,4,6,8H2,1-3H3;7-9H,4-6H2,1-3H3. The number of benzene rings is 8. The first-order chi connectivity index (χ1) is 38.5. The molecule has 0 spiro atoms. The monoisotopic (exact) mass is 1090 g/mol. The Morgan fingerprint density at radius 2 is 0.561 bits per heavy atom. The van der Waals surface area contributed by atoms with Crippen molar-refractivity contribution in [3.63, 3.8) is 0 Å². The van der Waals surface area contributed by atoms with Gasteiger partial charge in [0.2, 0.25) is 0 Å². The Hall–Kier alpha value is -5.72. The van der Waals surface area contributed by atoms with Crippen molar-refractivity contribution >= 4 is 21.5 Å². The van der Waals surface area contributed by atoms with Crippen molar-refractivity contribution < 1.29 is 0 Å². The van der Waals surface area contributed by atoms with Crippen LogP contribution in [0.15, 0.2) is 158 Å². The molecule has 12 rings (SSSR count). The first kappa shape index (κ1) is 63.9. The van der Waals surface area contributed by atoms with Crippen LogP contribution in [0.1, 0.15) is 241 Å². The summed E-state index contributed by atoms with van der Waals surface area (Å²) in [6.45, 7) is 41.1. The summed E-state index contributed by atoms with van der Waals surface area (Å²) in [5.74, 6) is 0. The van der Waals surface area contributed by atoms with E-state index in [2.05, 4.69) is 282 Å². The van der Waals surface area contributed by atoms with E-state index in [1.54, 1.807) is 55.6 Å². The minimum Gasteiger partial charge on any atom is -0.0617 e. The summed E-state index contributed by atoms with van der Waals surface area (Å²) < 4.78 is 0. The van der Waals surface area contributed by atoms with E-state index in [1.165, 1.54) is 134 Å². The molecule has 0 amide bonds. The molecule has 8 aromatic carbocycles. The fourth-order valence-corrected chi connectivity index (χ4v) is 12.6. The normalized spacial score (nSPS) is 14.8. The minimum absolute atomic E-state index is 0.223. The van der Waals surface area contributed by atoms with E-state index in [0.29, 0.717) is 21.7 Å². The molecular formula is C82H108. The molecule has 0 unspecified atom stereocenters. The van der Waals surface area contributed by atoms with Gasteiger partial charge in [0.1, 0.15) is 0 Å². The van der Waals surface area contributed by atoms with Crippen molar-refractivity contribution in [1.82, 2.24) is 0 Å². The molecule has 0 nitrogen and oxygen atoms in total. The van der Waals surface area contributed by atoms with Crippen molar-refractivity contribution in [2.45, 2.75) is 247 Å². The third-order valence-corrected chi connectivity index (χ3v) is 17.6. The van der Waals surface area contributed by atoms with Gasteiger partial charge in [0, 0.05) is 0 Å². The van der Waals surface area contributed by atoms with E-state index in [9.17, 15) is 0 Å². The fourth-order valence-electron chi connectivity index (χ4n) is 12.6. The molecule has 0 fully saturated rings. The number of hydrogen-bond acceptors (Lipinski definition) is 0. The molecule has 82 heavy (non-hydrogen) atoms. The summed E-state index contributed by atoms with van der Waals surface area (Å²) in [6.07, 6.45) is 18.5. The topological polar surface area (TPSA) is 0 Å². The van der Waals surface area contributed by atoms with E-state index in [-0.39, 0.29) is 10.8 Å². The molecule has 8 aromatic rings. The summed E-state index contributed by atoms with van der Waals surface area (Å²) >= 11 is 0. The second-order valence-corrected chi connectivity index (χ2v) is 30.6. The van der Waals surface area contributed by atoms with Gasteiger partial charge in [-0.1, -0.05) is 282 Å². The third-order valence-electron chi connectivity index (χ3n) is 17.6. The van der Waals surface area contributed by atoms with Crippen LogP contribution in [0.25, 0.3) is 21.5 Å². The predicted octanol–water partition coefficient (Wildman–Crippen LogP) is 22.9. The summed E-state index contributed by atoms with van der Waals surface area (Å²) in [6, 6.07) is 58.1. The third kappa shape index (κ3) is 17.4. The highest BCUT2D eigenvalue weighted by Gasteiger charge is 2.24. The maximum atomic E-state index is 2.43. The first-order valence-electron chi connectivity index (χ1n) is 31.9. The van der Waals surface area contributed by atoms with E-state index in [4.69, 9.17) is 0 Å². The van der Waals surface area contributed by atoms with Crippen LogP contribution in [0, 0.1) is 0 Å². The predicted molar refractivity (Wildman–Crippen MR) is 363 cm³/mol. The van der Waals surface area contributed by atoms with Crippen molar-refractivity contribution in [3.05, 3.63) is 236 Å². The van der Waals surface area contributed by atoms with Gasteiger partial charge in [0.15, 0.2) is 0 Å². The molecule has 0 radical (unpaired) electrons. The molecule has 0 saturated heterocycles. The van der Waals surface area contributed by atoms with Crippen LogP contribution in [-0.4, -0.2) is 0 Å². The first-order valence-corrected chi connectivity index (χ1v) is 31.9. The lowest BCUT2D eigenvalue weighted by Gasteiger charge is -2.27. The van der Waals surface area contributed by atoms with Crippen LogP contribution in [0.4, 0.5) is 0 Å². The van der Waals surface area contributed by atoms with Crippen molar-refractivity contribution in [3.8, 4) is 0 Å². The Labute approximate surface area is 501 Å². The van der Waals surface area contributed by atoms with Gasteiger partial charge in [-0.3, -0.25) is 0 Å². The molecule has 0 heteroatoms. The smallest absolute Gasteiger partial charge is 0.0126 e. The number of hydrogen-bond donors (Lipinski definition) is 0. The maximum Gasteiger partial charge on any atom is -0.0126 e. The zero-order valence-corrected chi connectivity index (χ0v) is 54.9. The number of aryl methyl sites for hydroxylation is 6. The lowest BCUT2D eigenvalue weighted by atomic mass is 9.78. The SMILES string of the molecule is CC(C)(C)c1ccc2c(c1)CCC2.CC(C)(C)c1ccc2c(c1)CCCC2.CC(C)(C)c1ccc2ccccc2c1.CC(C)(C)c1cccc2c1CCC2.CC(C)(C)c1cccc2c1CCCC2.CC(C)(C)c1cccc2ccccc12. The molecule has 0 atom stereocenters. The van der Waals surface area contributed by atoms with Crippen LogP contribution in [-0.2, 0) is 83.9 Å². The Morgan fingerprint density at radius 3 is 1.07 bits per heavy atom. The second-order valence-electron chi connectivity index (χ2n) is 30.6. The van der Waals surface area contributed by atoms with Crippen LogP contribution >= 0.6 is 0 Å². The van der Waals surface area contributed by atoms with E-state index in [0.717, 1.165) is 0 Å². The van der Waals surface area contributed by atoms with E-state index < -0.39 is 0 Å². The lowest BCUT2D eigenvalue weighted by molar-refractivity contribution is 0.568. The molecule has 0 saturated carbocycles.